The Labute approximate surface area is 175 Å². The van der Waals surface area contributed by atoms with Gasteiger partial charge in [0.1, 0.15) is 35.6 Å². The number of fused-ring (bicyclic) bond motifs is 1. The van der Waals surface area contributed by atoms with Crippen LogP contribution in [0.25, 0.3) is 11.2 Å². The van der Waals surface area contributed by atoms with Gasteiger partial charge in [-0.2, -0.15) is 0 Å². The Morgan fingerprint density at radius 1 is 1.37 bits per heavy atom. The maximum atomic E-state index is 12.5. The summed E-state index contributed by atoms with van der Waals surface area (Å²) in [6, 6.07) is 0. The number of anilines is 1. The third kappa shape index (κ3) is 4.01. The minimum atomic E-state index is -1.37. The van der Waals surface area contributed by atoms with Crippen molar-refractivity contribution in [2.24, 2.45) is 5.41 Å². The predicted octanol–water partition coefficient (Wildman–Crippen LogP) is -0.0933. The average Bonchev–Trinajstić information content (AvgIpc) is 3.11. The molecule has 13 heteroatoms. The number of imidazole rings is 1. The van der Waals surface area contributed by atoms with Crippen LogP contribution in [-0.4, -0.2) is 71.7 Å². The van der Waals surface area contributed by atoms with Gasteiger partial charge in [-0.15, -0.1) is 0 Å². The van der Waals surface area contributed by atoms with Gasteiger partial charge in [0.2, 0.25) is 0 Å². The zero-order valence-corrected chi connectivity index (χ0v) is 17.3. The molecular weight excluding hydrogens is 418 g/mol. The third-order valence-corrected chi connectivity index (χ3v) is 4.85. The Kier molecular flexibility index (Phi) is 5.82. The molecule has 2 unspecified atom stereocenters. The number of aliphatic carboxylic acids is 1. The molecule has 0 spiro atoms. The molecular formula is C17H23N5O7S. The molecule has 3 rings (SSSR count). The van der Waals surface area contributed by atoms with Gasteiger partial charge in [-0.1, -0.05) is 12.2 Å². The number of esters is 1. The Hall–Kier alpha value is -2.61. The molecule has 2 aromatic rings. The first-order chi connectivity index (χ1) is 13.9. The second kappa shape index (κ2) is 7.91. The van der Waals surface area contributed by atoms with E-state index in [9.17, 15) is 24.9 Å². The molecule has 0 aliphatic carbocycles. The fraction of sp³-hybridized carbons (Fsp3) is 0.588. The third-order valence-electron chi connectivity index (χ3n) is 4.57. The Balaban J connectivity index is 2.18. The van der Waals surface area contributed by atoms with Crippen molar-refractivity contribution >= 4 is 41.3 Å². The van der Waals surface area contributed by atoms with Gasteiger partial charge in [0.15, 0.2) is 22.9 Å². The number of H-pyrrole nitrogens is 1. The number of carbonyl (C=O) groups is 2. The highest BCUT2D eigenvalue weighted by Gasteiger charge is 2.49. The number of nitrogen functional groups attached to an aromatic ring is 1. The summed E-state index contributed by atoms with van der Waals surface area (Å²) < 4.78 is 12.6. The first-order valence-electron chi connectivity index (χ1n) is 9.08. The van der Waals surface area contributed by atoms with E-state index in [4.69, 9.17) is 27.4 Å². The summed E-state index contributed by atoms with van der Waals surface area (Å²) in [7, 11) is 0. The lowest BCUT2D eigenvalue weighted by Gasteiger charge is -2.26. The molecule has 1 aliphatic rings. The fourth-order valence-electron chi connectivity index (χ4n) is 3.10. The number of aromatic nitrogens is 4. The molecule has 12 nitrogen and oxygen atoms in total. The number of ether oxygens (including phenoxy) is 2. The lowest BCUT2D eigenvalue weighted by Crippen LogP contribution is -2.40. The normalized spacial score (nSPS) is 24.3. The maximum absolute atomic E-state index is 12.5. The summed E-state index contributed by atoms with van der Waals surface area (Å²) in [5, 5.41) is 29.5. The fourth-order valence-corrected chi connectivity index (χ4v) is 3.34. The van der Waals surface area contributed by atoms with Gasteiger partial charge in [0.25, 0.3) is 0 Å². The quantitative estimate of drug-likeness (QED) is 0.308. The van der Waals surface area contributed by atoms with Crippen LogP contribution in [0.1, 0.15) is 32.8 Å². The van der Waals surface area contributed by atoms with Crippen LogP contribution >= 0.6 is 12.2 Å². The Bertz CT molecular complexity index is 1040. The van der Waals surface area contributed by atoms with Crippen LogP contribution in [0.2, 0.25) is 0 Å². The van der Waals surface area contributed by atoms with Gasteiger partial charge in [-0.25, -0.2) is 9.97 Å². The Morgan fingerprint density at radius 2 is 2.03 bits per heavy atom. The van der Waals surface area contributed by atoms with E-state index in [1.54, 1.807) is 20.8 Å². The number of nitrogens with zero attached hydrogens (tertiary/aromatic N) is 3. The molecule has 0 radical (unpaired) electrons. The van der Waals surface area contributed by atoms with E-state index < -0.39 is 54.9 Å². The molecule has 0 aromatic carbocycles. The number of nitrogens with one attached hydrogen (secondary N) is 1. The van der Waals surface area contributed by atoms with Crippen molar-refractivity contribution in [1.82, 2.24) is 19.5 Å². The van der Waals surface area contributed by atoms with Crippen molar-refractivity contribution in [2.45, 2.75) is 51.7 Å². The van der Waals surface area contributed by atoms with Gasteiger partial charge in [0, 0.05) is 0 Å². The number of carboxylic acids is 1. The molecule has 0 amide bonds. The van der Waals surface area contributed by atoms with Gasteiger partial charge >= 0.3 is 11.9 Å². The SMILES string of the molecule is CC(C)(C)C(=O)OC1C(O)[C@@H](CO)O[C@H]1n1c(CC(=O)O)nc2c(=S)nc(N)[nH]c21. The van der Waals surface area contributed by atoms with Crippen LogP contribution in [0.4, 0.5) is 5.95 Å². The smallest absolute Gasteiger partial charge is 0.311 e. The van der Waals surface area contributed by atoms with Crippen molar-refractivity contribution in [2.75, 3.05) is 12.3 Å². The molecule has 0 bridgehead atoms. The molecule has 1 saturated heterocycles. The van der Waals surface area contributed by atoms with E-state index >= 15 is 0 Å². The monoisotopic (exact) mass is 441 g/mol. The van der Waals surface area contributed by atoms with Gasteiger partial charge in [0.05, 0.1) is 12.0 Å². The standard InChI is InChI=1S/C17H23N5O7S/c1-17(2,3)15(27)29-11-10(26)6(5-23)28-14(11)22-7(4-8(24)25)19-9-12(22)20-16(18)21-13(9)30/h6,10-11,14,23,26H,4-5H2,1-3H3,(H,24,25)(H3,18,20,21,30)/t6-,10?,11?,14-/m1/s1. The van der Waals surface area contributed by atoms with E-state index in [1.807, 2.05) is 0 Å². The predicted molar refractivity (Wildman–Crippen MR) is 105 cm³/mol. The van der Waals surface area contributed by atoms with Crippen LogP contribution in [-0.2, 0) is 25.5 Å². The molecule has 3 heterocycles. The van der Waals surface area contributed by atoms with E-state index in [0.29, 0.717) is 0 Å². The number of hydrogen-bond donors (Lipinski definition) is 5. The first kappa shape index (κ1) is 22.1. The van der Waals surface area contributed by atoms with E-state index in [2.05, 4.69) is 15.0 Å². The number of nitrogens with two attached hydrogens (primary N) is 1. The number of aliphatic hydroxyl groups is 2. The maximum Gasteiger partial charge on any atom is 0.311 e. The highest BCUT2D eigenvalue weighted by Crippen LogP contribution is 2.36. The molecule has 1 aliphatic heterocycles. The van der Waals surface area contributed by atoms with Crippen LogP contribution in [0.5, 0.6) is 0 Å². The largest absolute Gasteiger partial charge is 0.481 e. The molecule has 164 valence electrons. The van der Waals surface area contributed by atoms with Crippen molar-refractivity contribution < 1.29 is 34.4 Å². The van der Waals surface area contributed by atoms with E-state index in [0.717, 1.165) is 0 Å². The second-order valence-electron chi connectivity index (χ2n) is 7.95. The second-order valence-corrected chi connectivity index (χ2v) is 8.34. The lowest BCUT2D eigenvalue weighted by atomic mass is 9.97. The number of hydrogen-bond acceptors (Lipinski definition) is 10. The highest BCUT2D eigenvalue weighted by molar-refractivity contribution is 7.71. The van der Waals surface area contributed by atoms with Crippen molar-refractivity contribution in [3.63, 3.8) is 0 Å². The van der Waals surface area contributed by atoms with E-state index in [1.165, 1.54) is 4.57 Å². The van der Waals surface area contributed by atoms with Crippen molar-refractivity contribution in [3.8, 4) is 0 Å². The number of carbonyl (C=O) groups excluding carboxylic acids is 1. The molecule has 30 heavy (non-hydrogen) atoms. The number of carboxylic acid groups (broad SMARTS) is 1. The summed E-state index contributed by atoms with van der Waals surface area (Å²) in [6.07, 6.45) is -5.42. The average molecular weight is 441 g/mol. The topological polar surface area (TPSA) is 186 Å². The van der Waals surface area contributed by atoms with Crippen LogP contribution < -0.4 is 5.73 Å². The lowest BCUT2D eigenvalue weighted by molar-refractivity contribution is -0.168. The van der Waals surface area contributed by atoms with Crippen LogP contribution in [0.3, 0.4) is 0 Å². The van der Waals surface area contributed by atoms with Crippen LogP contribution in [0.15, 0.2) is 0 Å². The first-order valence-corrected chi connectivity index (χ1v) is 9.48. The Morgan fingerprint density at radius 3 is 2.60 bits per heavy atom. The summed E-state index contributed by atoms with van der Waals surface area (Å²) in [5.41, 5.74) is 5.23. The molecule has 4 atom stereocenters. The molecule has 2 aromatic heterocycles. The van der Waals surface area contributed by atoms with Gasteiger partial charge < -0.3 is 35.5 Å². The van der Waals surface area contributed by atoms with Crippen molar-refractivity contribution in [3.05, 3.63) is 10.5 Å². The minimum Gasteiger partial charge on any atom is -0.481 e. The molecule has 6 N–H and O–H groups in total. The summed E-state index contributed by atoms with van der Waals surface area (Å²) in [6.45, 7) is 4.37. The van der Waals surface area contributed by atoms with Crippen LogP contribution in [0, 0.1) is 10.1 Å². The van der Waals surface area contributed by atoms with Gasteiger partial charge in [-0.05, 0) is 20.8 Å². The summed E-state index contributed by atoms with van der Waals surface area (Å²) >= 11 is 5.17. The minimum absolute atomic E-state index is 0.0137. The molecule has 1 fully saturated rings. The summed E-state index contributed by atoms with van der Waals surface area (Å²) in [5.74, 6) is -1.83. The number of aliphatic hydroxyl groups excluding tert-OH is 2. The number of rotatable bonds is 5. The number of aromatic amines is 1. The highest BCUT2D eigenvalue weighted by atomic mass is 32.1. The zero-order chi connectivity index (χ0) is 22.4. The summed E-state index contributed by atoms with van der Waals surface area (Å²) in [4.78, 5) is 34.8. The molecule has 0 saturated carbocycles. The van der Waals surface area contributed by atoms with Gasteiger partial charge in [-0.3, -0.25) is 14.2 Å². The zero-order valence-electron chi connectivity index (χ0n) is 16.5. The van der Waals surface area contributed by atoms with Crippen molar-refractivity contribution in [1.29, 1.82) is 0 Å². The van der Waals surface area contributed by atoms with E-state index in [-0.39, 0.29) is 27.6 Å².